The molecule has 0 saturated carbocycles. The van der Waals surface area contributed by atoms with Gasteiger partial charge in [0.1, 0.15) is 0 Å². The third kappa shape index (κ3) is 2.46. The van der Waals surface area contributed by atoms with Gasteiger partial charge < -0.3 is 10.0 Å². The first-order valence-electron chi connectivity index (χ1n) is 6.78. The molecule has 1 aliphatic heterocycles. The second-order valence-corrected chi connectivity index (χ2v) is 5.09. The van der Waals surface area contributed by atoms with Crippen LogP contribution >= 0.6 is 0 Å². The Hall–Kier alpha value is -2.80. The topological polar surface area (TPSA) is 64.3 Å². The predicted octanol–water partition coefficient (Wildman–Crippen LogP) is 2.82. The van der Waals surface area contributed by atoms with Crippen LogP contribution in [0.5, 0.6) is 0 Å². The summed E-state index contributed by atoms with van der Waals surface area (Å²) in [5.41, 5.74) is 4.13. The number of nitrogens with zero attached hydrogens (tertiary/aromatic N) is 2. The zero-order valence-electron chi connectivity index (χ0n) is 11.4. The van der Waals surface area contributed by atoms with Gasteiger partial charge in [-0.25, -0.2) is 4.79 Å². The second-order valence-electron chi connectivity index (χ2n) is 5.09. The Kier molecular flexibility index (Phi) is 3.33. The molecule has 0 amide bonds. The normalized spacial score (nSPS) is 12.8. The highest BCUT2D eigenvalue weighted by Gasteiger charge is 2.21. The van der Waals surface area contributed by atoms with Crippen LogP contribution in [0, 0.1) is 11.3 Å². The molecule has 1 aliphatic rings. The standard InChI is InChI=1S/C17H14N2O2/c18-10-14-3-1-2-4-15(14)11-19-8-7-12-9-13(17(20)21)5-6-16(12)19/h1-6,9H,7-8,11H2,(H,20,21). The van der Waals surface area contributed by atoms with E-state index >= 15 is 0 Å². The Morgan fingerprint density at radius 3 is 2.86 bits per heavy atom. The van der Waals surface area contributed by atoms with E-state index in [1.54, 1.807) is 12.1 Å². The van der Waals surface area contributed by atoms with Gasteiger partial charge in [0.2, 0.25) is 0 Å². The average molecular weight is 278 g/mol. The van der Waals surface area contributed by atoms with Gasteiger partial charge >= 0.3 is 5.97 Å². The van der Waals surface area contributed by atoms with Gasteiger partial charge in [-0.2, -0.15) is 5.26 Å². The molecule has 0 unspecified atom stereocenters. The summed E-state index contributed by atoms with van der Waals surface area (Å²) in [5.74, 6) is -0.897. The molecule has 3 rings (SSSR count). The number of carboxylic acid groups (broad SMARTS) is 1. The van der Waals surface area contributed by atoms with E-state index < -0.39 is 5.97 Å². The van der Waals surface area contributed by atoms with Crippen LogP contribution in [0.4, 0.5) is 5.69 Å². The summed E-state index contributed by atoms with van der Waals surface area (Å²) in [6, 6.07) is 15.0. The van der Waals surface area contributed by atoms with E-state index in [1.807, 2.05) is 30.3 Å². The van der Waals surface area contributed by atoms with Gasteiger partial charge in [-0.3, -0.25) is 0 Å². The van der Waals surface area contributed by atoms with Crippen molar-refractivity contribution in [3.05, 3.63) is 64.7 Å². The van der Waals surface area contributed by atoms with Crippen molar-refractivity contribution >= 4 is 11.7 Å². The van der Waals surface area contributed by atoms with Gasteiger partial charge in [0.05, 0.1) is 17.2 Å². The maximum absolute atomic E-state index is 11.0. The highest BCUT2D eigenvalue weighted by molar-refractivity contribution is 5.88. The van der Waals surface area contributed by atoms with Crippen molar-refractivity contribution in [2.45, 2.75) is 13.0 Å². The van der Waals surface area contributed by atoms with Crippen LogP contribution in [0.2, 0.25) is 0 Å². The van der Waals surface area contributed by atoms with Gasteiger partial charge in [-0.15, -0.1) is 0 Å². The smallest absolute Gasteiger partial charge is 0.335 e. The molecule has 2 aromatic carbocycles. The van der Waals surface area contributed by atoms with Crippen molar-refractivity contribution in [1.82, 2.24) is 0 Å². The third-order valence-electron chi connectivity index (χ3n) is 3.82. The summed E-state index contributed by atoms with van der Waals surface area (Å²) in [7, 11) is 0. The monoisotopic (exact) mass is 278 g/mol. The average Bonchev–Trinajstić information content (AvgIpc) is 2.90. The number of anilines is 1. The zero-order valence-corrected chi connectivity index (χ0v) is 11.4. The number of hydrogen-bond donors (Lipinski definition) is 1. The minimum absolute atomic E-state index is 0.327. The fraction of sp³-hybridized carbons (Fsp3) is 0.176. The number of nitriles is 1. The van der Waals surface area contributed by atoms with Crippen LogP contribution in [-0.2, 0) is 13.0 Å². The Labute approximate surface area is 122 Å². The van der Waals surface area contributed by atoms with E-state index in [2.05, 4.69) is 11.0 Å². The van der Waals surface area contributed by atoms with Crippen LogP contribution in [0.15, 0.2) is 42.5 Å². The number of carboxylic acids is 1. The van der Waals surface area contributed by atoms with E-state index in [4.69, 9.17) is 10.4 Å². The van der Waals surface area contributed by atoms with Crippen molar-refractivity contribution in [2.75, 3.05) is 11.4 Å². The first-order valence-corrected chi connectivity index (χ1v) is 6.78. The van der Waals surface area contributed by atoms with Crippen LogP contribution in [-0.4, -0.2) is 17.6 Å². The number of aromatic carboxylic acids is 1. The highest BCUT2D eigenvalue weighted by Crippen LogP contribution is 2.30. The van der Waals surface area contributed by atoms with Gasteiger partial charge in [0, 0.05) is 18.8 Å². The van der Waals surface area contributed by atoms with Crippen molar-refractivity contribution < 1.29 is 9.90 Å². The van der Waals surface area contributed by atoms with E-state index in [0.29, 0.717) is 17.7 Å². The summed E-state index contributed by atoms with van der Waals surface area (Å²) in [6.07, 6.45) is 0.838. The minimum Gasteiger partial charge on any atom is -0.478 e. The van der Waals surface area contributed by atoms with E-state index in [-0.39, 0.29) is 0 Å². The van der Waals surface area contributed by atoms with Crippen molar-refractivity contribution in [3.63, 3.8) is 0 Å². The molecular formula is C17H14N2O2. The molecule has 0 radical (unpaired) electrons. The van der Waals surface area contributed by atoms with Crippen LogP contribution in [0.25, 0.3) is 0 Å². The summed E-state index contributed by atoms with van der Waals surface area (Å²) in [4.78, 5) is 13.2. The molecule has 4 heteroatoms. The van der Waals surface area contributed by atoms with Crippen molar-refractivity contribution in [2.24, 2.45) is 0 Å². The molecule has 0 saturated heterocycles. The lowest BCUT2D eigenvalue weighted by atomic mass is 10.1. The fourth-order valence-corrected chi connectivity index (χ4v) is 2.74. The molecule has 1 heterocycles. The highest BCUT2D eigenvalue weighted by atomic mass is 16.4. The van der Waals surface area contributed by atoms with E-state index in [1.165, 1.54) is 0 Å². The summed E-state index contributed by atoms with van der Waals surface area (Å²) in [5, 5.41) is 18.2. The van der Waals surface area contributed by atoms with E-state index in [9.17, 15) is 4.79 Å². The Bertz CT molecular complexity index is 747. The van der Waals surface area contributed by atoms with Crippen LogP contribution < -0.4 is 4.90 Å². The fourth-order valence-electron chi connectivity index (χ4n) is 2.74. The number of rotatable bonds is 3. The zero-order chi connectivity index (χ0) is 14.8. The lowest BCUT2D eigenvalue weighted by Crippen LogP contribution is -2.20. The molecule has 0 spiro atoms. The molecule has 104 valence electrons. The number of carbonyl (C=O) groups is 1. The van der Waals surface area contributed by atoms with Gasteiger partial charge in [0.15, 0.2) is 0 Å². The first kappa shape index (κ1) is 13.2. The Morgan fingerprint density at radius 2 is 2.10 bits per heavy atom. The SMILES string of the molecule is N#Cc1ccccc1CN1CCc2cc(C(=O)O)ccc21. The minimum atomic E-state index is -0.897. The molecule has 4 nitrogen and oxygen atoms in total. The van der Waals surface area contributed by atoms with Crippen LogP contribution in [0.3, 0.4) is 0 Å². The number of hydrogen-bond acceptors (Lipinski definition) is 3. The molecule has 1 N–H and O–H groups in total. The summed E-state index contributed by atoms with van der Waals surface area (Å²) in [6.45, 7) is 1.52. The lowest BCUT2D eigenvalue weighted by Gasteiger charge is -2.20. The van der Waals surface area contributed by atoms with Crippen LogP contribution in [0.1, 0.15) is 27.0 Å². The molecule has 0 bridgehead atoms. The molecular weight excluding hydrogens is 264 g/mol. The largest absolute Gasteiger partial charge is 0.478 e. The lowest BCUT2D eigenvalue weighted by molar-refractivity contribution is 0.0697. The third-order valence-corrected chi connectivity index (χ3v) is 3.82. The summed E-state index contributed by atoms with van der Waals surface area (Å²) < 4.78 is 0. The molecule has 0 fully saturated rings. The van der Waals surface area contributed by atoms with E-state index in [0.717, 1.165) is 29.8 Å². The molecule has 0 aliphatic carbocycles. The van der Waals surface area contributed by atoms with Gasteiger partial charge in [-0.1, -0.05) is 18.2 Å². The Balaban J connectivity index is 1.88. The Morgan fingerprint density at radius 1 is 1.29 bits per heavy atom. The van der Waals surface area contributed by atoms with Crippen molar-refractivity contribution in [3.8, 4) is 6.07 Å². The maximum Gasteiger partial charge on any atom is 0.335 e. The molecule has 0 aromatic heterocycles. The van der Waals surface area contributed by atoms with Gasteiger partial charge in [0.25, 0.3) is 0 Å². The quantitative estimate of drug-likeness (QED) is 0.937. The number of benzene rings is 2. The predicted molar refractivity (Wildman–Crippen MR) is 79.3 cm³/mol. The van der Waals surface area contributed by atoms with Gasteiger partial charge in [-0.05, 0) is 41.8 Å². The molecule has 0 atom stereocenters. The molecule has 2 aromatic rings. The second kappa shape index (κ2) is 5.29. The van der Waals surface area contributed by atoms with Crippen molar-refractivity contribution in [1.29, 1.82) is 5.26 Å². The first-order chi connectivity index (χ1) is 10.2. The molecule has 21 heavy (non-hydrogen) atoms. The summed E-state index contributed by atoms with van der Waals surface area (Å²) >= 11 is 0. The number of fused-ring (bicyclic) bond motifs is 1. The maximum atomic E-state index is 11.0.